The monoisotopic (exact) mass is 221 g/mol. The number of nitrogens with zero attached hydrogens (tertiary/aromatic N) is 1. The number of anilines is 1. The van der Waals surface area contributed by atoms with Gasteiger partial charge in [0.1, 0.15) is 0 Å². The van der Waals surface area contributed by atoms with Gasteiger partial charge in [0, 0.05) is 19.3 Å². The molecule has 1 aromatic carbocycles. The van der Waals surface area contributed by atoms with Crippen LogP contribution in [0.25, 0.3) is 0 Å². The van der Waals surface area contributed by atoms with E-state index in [4.69, 9.17) is 5.11 Å². The van der Waals surface area contributed by atoms with Gasteiger partial charge < -0.3 is 10.0 Å². The summed E-state index contributed by atoms with van der Waals surface area (Å²) < 4.78 is 0. The van der Waals surface area contributed by atoms with Crippen molar-refractivity contribution >= 4 is 11.7 Å². The summed E-state index contributed by atoms with van der Waals surface area (Å²) in [6, 6.07) is 5.25. The fourth-order valence-corrected chi connectivity index (χ4v) is 1.86. The number of carboxylic acids is 1. The lowest BCUT2D eigenvalue weighted by Gasteiger charge is -2.23. The molecule has 0 aliphatic rings. The molecule has 1 aromatic rings. The number of benzene rings is 1. The standard InChI is InChI=1S/C13H19NO2/c1-9(2)8-14(4)12-6-5-11(13(15)16)7-10(12)3/h5-7,9H,8H2,1-4H3,(H,15,16). The number of aryl methyl sites for hydroxylation is 1. The van der Waals surface area contributed by atoms with Crippen LogP contribution in [0.15, 0.2) is 18.2 Å². The fourth-order valence-electron chi connectivity index (χ4n) is 1.86. The van der Waals surface area contributed by atoms with E-state index in [9.17, 15) is 4.79 Å². The summed E-state index contributed by atoms with van der Waals surface area (Å²) in [5.74, 6) is -0.287. The molecule has 3 heteroatoms. The SMILES string of the molecule is Cc1cc(C(=O)O)ccc1N(C)CC(C)C. The molecule has 0 saturated carbocycles. The van der Waals surface area contributed by atoms with Crippen LogP contribution >= 0.6 is 0 Å². The molecule has 0 unspecified atom stereocenters. The molecule has 16 heavy (non-hydrogen) atoms. The van der Waals surface area contributed by atoms with Gasteiger partial charge in [-0.2, -0.15) is 0 Å². The lowest BCUT2D eigenvalue weighted by molar-refractivity contribution is 0.0697. The summed E-state index contributed by atoms with van der Waals surface area (Å²) in [6.07, 6.45) is 0. The Bertz CT molecular complexity index is 386. The zero-order valence-corrected chi connectivity index (χ0v) is 10.3. The normalized spacial score (nSPS) is 10.6. The van der Waals surface area contributed by atoms with Crippen molar-refractivity contribution in [2.75, 3.05) is 18.5 Å². The first-order valence-corrected chi connectivity index (χ1v) is 5.47. The average molecular weight is 221 g/mol. The van der Waals surface area contributed by atoms with Crippen LogP contribution in [0.4, 0.5) is 5.69 Å². The molecule has 0 radical (unpaired) electrons. The quantitative estimate of drug-likeness (QED) is 0.850. The van der Waals surface area contributed by atoms with Crippen molar-refractivity contribution in [2.45, 2.75) is 20.8 Å². The molecule has 88 valence electrons. The predicted octanol–water partition coefficient (Wildman–Crippen LogP) is 2.79. The van der Waals surface area contributed by atoms with Crippen molar-refractivity contribution in [3.8, 4) is 0 Å². The van der Waals surface area contributed by atoms with E-state index in [2.05, 4.69) is 18.7 Å². The number of aromatic carboxylic acids is 1. The molecule has 3 nitrogen and oxygen atoms in total. The van der Waals surface area contributed by atoms with Crippen molar-refractivity contribution in [3.05, 3.63) is 29.3 Å². The van der Waals surface area contributed by atoms with Crippen LogP contribution < -0.4 is 4.90 Å². The first-order chi connectivity index (χ1) is 7.41. The van der Waals surface area contributed by atoms with Gasteiger partial charge in [0.25, 0.3) is 0 Å². The van der Waals surface area contributed by atoms with Crippen molar-refractivity contribution in [1.82, 2.24) is 0 Å². The molecule has 0 bridgehead atoms. The summed E-state index contributed by atoms with van der Waals surface area (Å²) in [5.41, 5.74) is 2.45. The molecule has 0 aliphatic carbocycles. The van der Waals surface area contributed by atoms with E-state index in [0.717, 1.165) is 17.8 Å². The Kier molecular flexibility index (Phi) is 3.93. The Morgan fingerprint density at radius 3 is 2.50 bits per heavy atom. The van der Waals surface area contributed by atoms with E-state index in [-0.39, 0.29) is 0 Å². The zero-order valence-electron chi connectivity index (χ0n) is 10.3. The van der Waals surface area contributed by atoms with Gasteiger partial charge in [-0.3, -0.25) is 0 Å². The van der Waals surface area contributed by atoms with Gasteiger partial charge >= 0.3 is 5.97 Å². The van der Waals surface area contributed by atoms with Gasteiger partial charge in [0.2, 0.25) is 0 Å². The molecule has 1 rings (SSSR count). The number of carbonyl (C=O) groups is 1. The minimum absolute atomic E-state index is 0.346. The van der Waals surface area contributed by atoms with E-state index in [1.54, 1.807) is 12.1 Å². The Hall–Kier alpha value is -1.51. The molecular formula is C13H19NO2. The average Bonchev–Trinajstić information content (AvgIpc) is 2.15. The Morgan fingerprint density at radius 2 is 2.06 bits per heavy atom. The maximum absolute atomic E-state index is 10.8. The van der Waals surface area contributed by atoms with Crippen LogP contribution in [0, 0.1) is 12.8 Å². The molecule has 0 fully saturated rings. The second-order valence-electron chi connectivity index (χ2n) is 4.58. The Balaban J connectivity index is 2.94. The molecule has 0 saturated heterocycles. The molecule has 0 aliphatic heterocycles. The topological polar surface area (TPSA) is 40.5 Å². The lowest BCUT2D eigenvalue weighted by Crippen LogP contribution is -2.23. The number of hydrogen-bond donors (Lipinski definition) is 1. The van der Waals surface area contributed by atoms with E-state index >= 15 is 0 Å². The first-order valence-electron chi connectivity index (χ1n) is 5.47. The summed E-state index contributed by atoms with van der Waals surface area (Å²) in [5, 5.41) is 8.87. The van der Waals surface area contributed by atoms with E-state index < -0.39 is 5.97 Å². The van der Waals surface area contributed by atoms with Crippen LogP contribution in [0.2, 0.25) is 0 Å². The zero-order chi connectivity index (χ0) is 12.3. The van der Waals surface area contributed by atoms with Gasteiger partial charge in [-0.25, -0.2) is 4.79 Å². The maximum Gasteiger partial charge on any atom is 0.335 e. The highest BCUT2D eigenvalue weighted by atomic mass is 16.4. The van der Waals surface area contributed by atoms with Crippen LogP contribution in [0.1, 0.15) is 29.8 Å². The summed E-state index contributed by atoms with van der Waals surface area (Å²) in [4.78, 5) is 13.0. The van der Waals surface area contributed by atoms with Gasteiger partial charge in [-0.1, -0.05) is 13.8 Å². The maximum atomic E-state index is 10.8. The smallest absolute Gasteiger partial charge is 0.335 e. The third-order valence-electron chi connectivity index (χ3n) is 2.49. The summed E-state index contributed by atoms with van der Waals surface area (Å²) >= 11 is 0. The highest BCUT2D eigenvalue weighted by Crippen LogP contribution is 2.21. The fraction of sp³-hybridized carbons (Fsp3) is 0.462. The molecule has 0 atom stereocenters. The second kappa shape index (κ2) is 5.01. The highest BCUT2D eigenvalue weighted by molar-refractivity contribution is 5.88. The highest BCUT2D eigenvalue weighted by Gasteiger charge is 2.09. The first kappa shape index (κ1) is 12.6. The number of carboxylic acid groups (broad SMARTS) is 1. The van der Waals surface area contributed by atoms with Crippen LogP contribution in [0.3, 0.4) is 0 Å². The predicted molar refractivity (Wildman–Crippen MR) is 66.2 cm³/mol. The van der Waals surface area contributed by atoms with Crippen molar-refractivity contribution in [1.29, 1.82) is 0 Å². The van der Waals surface area contributed by atoms with Crippen molar-refractivity contribution in [2.24, 2.45) is 5.92 Å². The summed E-state index contributed by atoms with van der Waals surface area (Å²) in [6.45, 7) is 7.24. The van der Waals surface area contributed by atoms with E-state index in [1.165, 1.54) is 0 Å². The summed E-state index contributed by atoms with van der Waals surface area (Å²) in [7, 11) is 2.03. The van der Waals surface area contributed by atoms with Gasteiger partial charge in [0.15, 0.2) is 0 Å². The Labute approximate surface area is 96.7 Å². The van der Waals surface area contributed by atoms with Crippen LogP contribution in [-0.2, 0) is 0 Å². The molecule has 0 heterocycles. The van der Waals surface area contributed by atoms with Crippen LogP contribution in [-0.4, -0.2) is 24.7 Å². The third-order valence-corrected chi connectivity index (χ3v) is 2.49. The van der Waals surface area contributed by atoms with Crippen molar-refractivity contribution in [3.63, 3.8) is 0 Å². The molecule has 1 N–H and O–H groups in total. The van der Waals surface area contributed by atoms with Crippen LogP contribution in [0.5, 0.6) is 0 Å². The third kappa shape index (κ3) is 2.99. The largest absolute Gasteiger partial charge is 0.478 e. The minimum atomic E-state index is -0.874. The minimum Gasteiger partial charge on any atom is -0.478 e. The lowest BCUT2D eigenvalue weighted by atomic mass is 10.1. The molecule has 0 amide bonds. The molecular weight excluding hydrogens is 202 g/mol. The van der Waals surface area contributed by atoms with Gasteiger partial charge in [-0.15, -0.1) is 0 Å². The molecule has 0 spiro atoms. The second-order valence-corrected chi connectivity index (χ2v) is 4.58. The van der Waals surface area contributed by atoms with Gasteiger partial charge in [-0.05, 0) is 36.6 Å². The number of hydrogen-bond acceptors (Lipinski definition) is 2. The number of rotatable bonds is 4. The van der Waals surface area contributed by atoms with E-state index in [0.29, 0.717) is 11.5 Å². The molecule has 0 aromatic heterocycles. The van der Waals surface area contributed by atoms with E-state index in [1.807, 2.05) is 20.0 Å². The van der Waals surface area contributed by atoms with Gasteiger partial charge in [0.05, 0.1) is 5.56 Å². The van der Waals surface area contributed by atoms with Crippen molar-refractivity contribution < 1.29 is 9.90 Å². The Morgan fingerprint density at radius 1 is 1.44 bits per heavy atom.